The van der Waals surface area contributed by atoms with Crippen LogP contribution in [-0.4, -0.2) is 21.1 Å². The Morgan fingerprint density at radius 3 is 2.76 bits per heavy atom. The predicted octanol–water partition coefficient (Wildman–Crippen LogP) is 1.54. The van der Waals surface area contributed by atoms with Gasteiger partial charge in [-0.1, -0.05) is 17.3 Å². The Bertz CT molecular complexity index is 644. The van der Waals surface area contributed by atoms with Gasteiger partial charge in [0.05, 0.1) is 11.7 Å². The number of pyridine rings is 1. The largest absolute Gasteiger partial charge is 0.506 e. The molecule has 1 aromatic heterocycles. The number of hydrogen-bond donors (Lipinski definition) is 2. The van der Waals surface area contributed by atoms with Gasteiger partial charge in [-0.25, -0.2) is 0 Å². The molecule has 0 amide bonds. The van der Waals surface area contributed by atoms with Crippen LogP contribution in [0.25, 0.3) is 10.9 Å². The number of rotatable bonds is 2. The fourth-order valence-electron chi connectivity index (χ4n) is 1.90. The van der Waals surface area contributed by atoms with Gasteiger partial charge in [0.15, 0.2) is 0 Å². The summed E-state index contributed by atoms with van der Waals surface area (Å²) in [5.74, 6) is -0.159. The molecular formula is C12H12N2O3. The molecular weight excluding hydrogens is 220 g/mol. The van der Waals surface area contributed by atoms with Gasteiger partial charge in [-0.3, -0.25) is 4.79 Å². The summed E-state index contributed by atoms with van der Waals surface area (Å²) in [6.07, 6.45) is 0.955. The second kappa shape index (κ2) is 4.29. The van der Waals surface area contributed by atoms with Crippen LogP contribution in [0.4, 0.5) is 0 Å². The van der Waals surface area contributed by atoms with E-state index in [9.17, 15) is 9.90 Å². The van der Waals surface area contributed by atoms with Gasteiger partial charge >= 0.3 is 0 Å². The van der Waals surface area contributed by atoms with E-state index in [2.05, 4.69) is 5.16 Å². The van der Waals surface area contributed by atoms with Crippen molar-refractivity contribution < 1.29 is 10.3 Å². The molecule has 0 aliphatic heterocycles. The van der Waals surface area contributed by atoms with Crippen molar-refractivity contribution in [2.45, 2.75) is 13.5 Å². The molecule has 5 heteroatoms. The highest BCUT2D eigenvalue weighted by atomic mass is 16.4. The lowest BCUT2D eigenvalue weighted by Crippen LogP contribution is -2.23. The summed E-state index contributed by atoms with van der Waals surface area (Å²) >= 11 is 0. The van der Waals surface area contributed by atoms with Gasteiger partial charge in [-0.2, -0.15) is 0 Å². The van der Waals surface area contributed by atoms with Crippen LogP contribution in [0.5, 0.6) is 5.75 Å². The van der Waals surface area contributed by atoms with Crippen molar-refractivity contribution in [1.29, 1.82) is 0 Å². The van der Waals surface area contributed by atoms with Crippen LogP contribution in [0.2, 0.25) is 0 Å². The number of aryl methyl sites for hydroxylation is 1. The van der Waals surface area contributed by atoms with Crippen molar-refractivity contribution in [2.75, 3.05) is 0 Å². The van der Waals surface area contributed by atoms with Crippen LogP contribution in [0.15, 0.2) is 34.2 Å². The van der Waals surface area contributed by atoms with Crippen LogP contribution in [0.3, 0.4) is 0 Å². The molecule has 0 radical (unpaired) electrons. The molecule has 0 bridgehead atoms. The molecule has 0 spiro atoms. The summed E-state index contributed by atoms with van der Waals surface area (Å²) in [7, 11) is 0. The fourth-order valence-corrected chi connectivity index (χ4v) is 1.90. The maximum atomic E-state index is 12.0. The van der Waals surface area contributed by atoms with Crippen molar-refractivity contribution in [3.63, 3.8) is 0 Å². The number of para-hydroxylation sites is 1. The van der Waals surface area contributed by atoms with Crippen LogP contribution in [0, 0.1) is 0 Å². The standard InChI is InChI=1S/C12H12N2O3/c1-2-14-10-6-4-3-5-8(10)11(15)9(7-13-17)12(14)16/h3-7,15,17H,2H2,1H3/b13-7-. The van der Waals surface area contributed by atoms with Crippen molar-refractivity contribution in [1.82, 2.24) is 4.57 Å². The zero-order valence-electron chi connectivity index (χ0n) is 9.29. The quantitative estimate of drug-likeness (QED) is 0.468. The first kappa shape index (κ1) is 11.2. The molecule has 2 N–H and O–H groups in total. The summed E-state index contributed by atoms with van der Waals surface area (Å²) in [4.78, 5) is 12.0. The highest BCUT2D eigenvalue weighted by molar-refractivity contribution is 5.94. The summed E-state index contributed by atoms with van der Waals surface area (Å²) in [5.41, 5.74) is 0.280. The molecule has 88 valence electrons. The number of fused-ring (bicyclic) bond motifs is 1. The first-order valence-corrected chi connectivity index (χ1v) is 5.22. The maximum absolute atomic E-state index is 12.0. The van der Waals surface area contributed by atoms with E-state index in [0.717, 1.165) is 6.21 Å². The molecule has 5 nitrogen and oxygen atoms in total. The van der Waals surface area contributed by atoms with Crippen LogP contribution >= 0.6 is 0 Å². The fraction of sp³-hybridized carbons (Fsp3) is 0.167. The van der Waals surface area contributed by atoms with Gasteiger partial charge in [0.2, 0.25) is 0 Å². The van der Waals surface area contributed by atoms with Gasteiger partial charge in [-0.05, 0) is 19.1 Å². The molecule has 1 aromatic carbocycles. The van der Waals surface area contributed by atoms with E-state index < -0.39 is 0 Å². The Hall–Kier alpha value is -2.30. The van der Waals surface area contributed by atoms with Crippen molar-refractivity contribution in [3.05, 3.63) is 40.2 Å². The first-order chi connectivity index (χ1) is 8.20. The van der Waals surface area contributed by atoms with E-state index in [-0.39, 0.29) is 16.9 Å². The minimum Gasteiger partial charge on any atom is -0.506 e. The Labute approximate surface area is 97.2 Å². The summed E-state index contributed by atoms with van der Waals surface area (Å²) in [6.45, 7) is 2.32. The molecule has 0 saturated carbocycles. The third-order valence-electron chi connectivity index (χ3n) is 2.68. The smallest absolute Gasteiger partial charge is 0.263 e. The zero-order chi connectivity index (χ0) is 12.4. The molecule has 0 aliphatic carbocycles. The van der Waals surface area contributed by atoms with Crippen LogP contribution < -0.4 is 5.56 Å². The third-order valence-corrected chi connectivity index (χ3v) is 2.68. The number of hydrogen-bond acceptors (Lipinski definition) is 4. The Morgan fingerprint density at radius 1 is 1.41 bits per heavy atom. The monoisotopic (exact) mass is 232 g/mol. The van der Waals surface area contributed by atoms with Crippen LogP contribution in [0.1, 0.15) is 12.5 Å². The van der Waals surface area contributed by atoms with E-state index in [4.69, 9.17) is 5.21 Å². The van der Waals surface area contributed by atoms with Gasteiger partial charge in [0.25, 0.3) is 5.56 Å². The van der Waals surface area contributed by atoms with E-state index >= 15 is 0 Å². The van der Waals surface area contributed by atoms with Gasteiger partial charge in [0, 0.05) is 11.9 Å². The minimum atomic E-state index is -0.374. The lowest BCUT2D eigenvalue weighted by atomic mass is 10.1. The van der Waals surface area contributed by atoms with E-state index in [0.29, 0.717) is 17.4 Å². The zero-order valence-corrected chi connectivity index (χ0v) is 9.29. The minimum absolute atomic E-state index is 0.00644. The normalized spacial score (nSPS) is 11.4. The number of benzene rings is 1. The summed E-state index contributed by atoms with van der Waals surface area (Å²) in [5, 5.41) is 21.9. The maximum Gasteiger partial charge on any atom is 0.263 e. The molecule has 0 aliphatic rings. The molecule has 0 fully saturated rings. The molecule has 2 rings (SSSR count). The van der Waals surface area contributed by atoms with E-state index in [1.54, 1.807) is 24.3 Å². The highest BCUT2D eigenvalue weighted by Gasteiger charge is 2.13. The summed E-state index contributed by atoms with van der Waals surface area (Å²) in [6, 6.07) is 7.05. The number of aromatic nitrogens is 1. The lowest BCUT2D eigenvalue weighted by molar-refractivity contribution is 0.321. The average Bonchev–Trinajstić information content (AvgIpc) is 2.35. The van der Waals surface area contributed by atoms with E-state index in [1.807, 2.05) is 6.92 Å². The third kappa shape index (κ3) is 1.65. The average molecular weight is 232 g/mol. The SMILES string of the molecule is CCn1c(=O)c(/C=N\O)c(O)c2ccccc21. The molecule has 0 saturated heterocycles. The molecule has 2 aromatic rings. The highest BCUT2D eigenvalue weighted by Crippen LogP contribution is 2.24. The molecule has 17 heavy (non-hydrogen) atoms. The van der Waals surface area contributed by atoms with Crippen molar-refractivity contribution in [2.24, 2.45) is 5.16 Å². The Kier molecular flexibility index (Phi) is 2.82. The summed E-state index contributed by atoms with van der Waals surface area (Å²) < 4.78 is 1.52. The molecule has 0 unspecified atom stereocenters. The first-order valence-electron chi connectivity index (χ1n) is 5.22. The number of aromatic hydroxyl groups is 1. The second-order valence-corrected chi connectivity index (χ2v) is 3.57. The number of oxime groups is 1. The molecule has 0 atom stereocenters. The van der Waals surface area contributed by atoms with Crippen LogP contribution in [-0.2, 0) is 6.54 Å². The Balaban J connectivity index is 2.99. The van der Waals surface area contributed by atoms with Gasteiger partial charge in [0.1, 0.15) is 11.3 Å². The van der Waals surface area contributed by atoms with Gasteiger partial charge < -0.3 is 14.9 Å². The number of nitrogens with zero attached hydrogens (tertiary/aromatic N) is 2. The molecule has 1 heterocycles. The van der Waals surface area contributed by atoms with Gasteiger partial charge in [-0.15, -0.1) is 0 Å². The van der Waals surface area contributed by atoms with Crippen molar-refractivity contribution >= 4 is 17.1 Å². The van der Waals surface area contributed by atoms with Crippen molar-refractivity contribution in [3.8, 4) is 5.75 Å². The second-order valence-electron chi connectivity index (χ2n) is 3.57. The topological polar surface area (TPSA) is 74.8 Å². The Morgan fingerprint density at radius 2 is 2.12 bits per heavy atom. The predicted molar refractivity (Wildman–Crippen MR) is 64.9 cm³/mol. The van der Waals surface area contributed by atoms with E-state index in [1.165, 1.54) is 4.57 Å². The lowest BCUT2D eigenvalue weighted by Gasteiger charge is -2.11.